The van der Waals surface area contributed by atoms with E-state index < -0.39 is 0 Å². The summed E-state index contributed by atoms with van der Waals surface area (Å²) in [6.07, 6.45) is 0. The van der Waals surface area contributed by atoms with Gasteiger partial charge in [0.05, 0.1) is 35.0 Å². The van der Waals surface area contributed by atoms with Crippen LogP contribution in [0.3, 0.4) is 0 Å². The summed E-state index contributed by atoms with van der Waals surface area (Å²) in [6, 6.07) is 17.5. The van der Waals surface area contributed by atoms with Gasteiger partial charge in [-0.25, -0.2) is 0 Å². The lowest BCUT2D eigenvalue weighted by atomic mass is 10.1. The van der Waals surface area contributed by atoms with Crippen LogP contribution < -0.4 is 29.0 Å². The number of halogens is 1. The number of hydrogen-bond acceptors (Lipinski definition) is 7. The summed E-state index contributed by atoms with van der Waals surface area (Å²) < 4.78 is 26.7. The largest absolute Gasteiger partial charge is 0.493 e. The van der Waals surface area contributed by atoms with Crippen molar-refractivity contribution in [3.8, 4) is 28.7 Å². The van der Waals surface area contributed by atoms with E-state index in [9.17, 15) is 9.59 Å². The molecule has 0 radical (unpaired) electrons. The number of rotatable bonds is 12. The van der Waals surface area contributed by atoms with Crippen molar-refractivity contribution in [2.45, 2.75) is 6.54 Å². The van der Waals surface area contributed by atoms with Crippen molar-refractivity contribution < 1.29 is 33.3 Å². The molecule has 1 N–H and O–H groups in total. The normalized spacial score (nSPS) is 10.0. The Morgan fingerprint density at radius 3 is 1.82 bits per heavy atom. The van der Waals surface area contributed by atoms with Crippen molar-refractivity contribution in [2.24, 2.45) is 0 Å². The Hall–Kier alpha value is -4.11. The first-order valence-corrected chi connectivity index (χ1v) is 11.6. The topological polar surface area (TPSA) is 95.6 Å². The van der Waals surface area contributed by atoms with Gasteiger partial charge >= 0.3 is 0 Å². The SMILES string of the molecule is COc1ccc(C(=O)NCc2ccc(OCCN(C)C(=O)c3ccc(OC)c(OC)c3)cc2)cc1OC.Cl. The van der Waals surface area contributed by atoms with Crippen molar-refractivity contribution in [1.29, 1.82) is 0 Å². The average molecular weight is 545 g/mol. The van der Waals surface area contributed by atoms with Crippen LogP contribution in [0.15, 0.2) is 60.7 Å². The zero-order chi connectivity index (χ0) is 26.8. The Kier molecular flexibility index (Phi) is 11.6. The molecule has 38 heavy (non-hydrogen) atoms. The van der Waals surface area contributed by atoms with E-state index in [-0.39, 0.29) is 24.2 Å². The summed E-state index contributed by atoms with van der Waals surface area (Å²) in [5.74, 6) is 2.42. The highest BCUT2D eigenvalue weighted by Crippen LogP contribution is 2.28. The fourth-order valence-electron chi connectivity index (χ4n) is 3.56. The van der Waals surface area contributed by atoms with Gasteiger partial charge in [0.25, 0.3) is 11.8 Å². The van der Waals surface area contributed by atoms with Gasteiger partial charge in [0.2, 0.25) is 0 Å². The van der Waals surface area contributed by atoms with Crippen molar-refractivity contribution >= 4 is 24.2 Å². The lowest BCUT2D eigenvalue weighted by molar-refractivity contribution is 0.0773. The first-order chi connectivity index (χ1) is 17.9. The number of hydrogen-bond donors (Lipinski definition) is 1. The molecular weight excluding hydrogens is 512 g/mol. The Morgan fingerprint density at radius 1 is 0.737 bits per heavy atom. The third kappa shape index (κ3) is 7.69. The standard InChI is InChI=1S/C28H32N2O7.ClH/c1-30(28(32)21-9-13-24(34-3)26(17-21)36-5)14-15-37-22-10-6-19(7-11-22)18-29-27(31)20-8-12-23(33-2)25(16-20)35-4;/h6-13,16-17H,14-15,18H2,1-5H3,(H,29,31);1H. The van der Waals surface area contributed by atoms with Crippen LogP contribution in [-0.2, 0) is 6.54 Å². The van der Waals surface area contributed by atoms with Gasteiger partial charge in [0.15, 0.2) is 23.0 Å². The fraction of sp³-hybridized carbons (Fsp3) is 0.286. The predicted molar refractivity (Wildman–Crippen MR) is 146 cm³/mol. The van der Waals surface area contributed by atoms with Gasteiger partial charge in [-0.15, -0.1) is 12.4 Å². The molecule has 9 nitrogen and oxygen atoms in total. The Labute approximate surface area is 229 Å². The van der Waals surface area contributed by atoms with E-state index in [2.05, 4.69) is 5.32 Å². The van der Waals surface area contributed by atoms with Gasteiger partial charge in [-0.2, -0.15) is 0 Å². The number of carbonyl (C=O) groups excluding carboxylic acids is 2. The van der Waals surface area contributed by atoms with E-state index in [1.54, 1.807) is 62.6 Å². The van der Waals surface area contributed by atoms with Gasteiger partial charge < -0.3 is 33.9 Å². The number of carbonyl (C=O) groups is 2. The van der Waals surface area contributed by atoms with Crippen molar-refractivity contribution in [1.82, 2.24) is 10.2 Å². The maximum Gasteiger partial charge on any atom is 0.253 e. The van der Waals surface area contributed by atoms with Crippen LogP contribution >= 0.6 is 12.4 Å². The fourth-order valence-corrected chi connectivity index (χ4v) is 3.56. The third-order valence-corrected chi connectivity index (χ3v) is 5.69. The smallest absolute Gasteiger partial charge is 0.253 e. The molecule has 0 unspecified atom stereocenters. The molecule has 204 valence electrons. The van der Waals surface area contributed by atoms with E-state index in [4.69, 9.17) is 23.7 Å². The molecule has 3 aromatic rings. The summed E-state index contributed by atoms with van der Waals surface area (Å²) in [6.45, 7) is 1.08. The summed E-state index contributed by atoms with van der Waals surface area (Å²) in [5, 5.41) is 2.89. The van der Waals surface area contributed by atoms with Gasteiger partial charge in [-0.1, -0.05) is 12.1 Å². The number of benzene rings is 3. The molecular formula is C28H33ClN2O7. The van der Waals surface area contributed by atoms with Crippen molar-refractivity contribution in [2.75, 3.05) is 48.6 Å². The van der Waals surface area contributed by atoms with E-state index in [1.807, 2.05) is 24.3 Å². The number of nitrogens with zero attached hydrogens (tertiary/aromatic N) is 1. The minimum atomic E-state index is -0.219. The monoisotopic (exact) mass is 544 g/mol. The highest BCUT2D eigenvalue weighted by Gasteiger charge is 2.15. The van der Waals surface area contributed by atoms with E-state index in [0.717, 1.165) is 5.56 Å². The molecule has 0 atom stereocenters. The van der Waals surface area contributed by atoms with Crippen LogP contribution in [-0.4, -0.2) is 65.4 Å². The van der Waals surface area contributed by atoms with Crippen LogP contribution in [0.1, 0.15) is 26.3 Å². The number of amides is 2. The van der Waals surface area contributed by atoms with Crippen molar-refractivity contribution in [3.05, 3.63) is 77.4 Å². The molecule has 3 aromatic carbocycles. The molecule has 0 saturated heterocycles. The zero-order valence-corrected chi connectivity index (χ0v) is 22.9. The van der Waals surface area contributed by atoms with Gasteiger partial charge in [0.1, 0.15) is 12.4 Å². The highest BCUT2D eigenvalue weighted by atomic mass is 35.5. The first kappa shape index (κ1) is 30.1. The number of methoxy groups -OCH3 is 4. The lowest BCUT2D eigenvalue weighted by Crippen LogP contribution is -2.30. The van der Waals surface area contributed by atoms with Crippen LogP contribution in [0, 0.1) is 0 Å². The van der Waals surface area contributed by atoms with Crippen LogP contribution in [0.2, 0.25) is 0 Å². The second-order valence-corrected chi connectivity index (χ2v) is 8.04. The second kappa shape index (κ2) is 14.6. The molecule has 2 amide bonds. The van der Waals surface area contributed by atoms with Gasteiger partial charge in [0, 0.05) is 24.7 Å². The minimum Gasteiger partial charge on any atom is -0.493 e. The molecule has 3 rings (SSSR count). The highest BCUT2D eigenvalue weighted by molar-refractivity contribution is 5.95. The summed E-state index contributed by atoms with van der Waals surface area (Å²) >= 11 is 0. The number of nitrogens with one attached hydrogen (secondary N) is 1. The van der Waals surface area contributed by atoms with E-state index in [0.29, 0.717) is 59.6 Å². The molecule has 0 aliphatic rings. The molecule has 10 heteroatoms. The van der Waals surface area contributed by atoms with Crippen molar-refractivity contribution in [3.63, 3.8) is 0 Å². The molecule has 0 aromatic heterocycles. The molecule has 0 aliphatic carbocycles. The maximum atomic E-state index is 12.7. The quantitative estimate of drug-likeness (QED) is 0.364. The lowest BCUT2D eigenvalue weighted by Gasteiger charge is -2.18. The van der Waals surface area contributed by atoms with Crippen LogP contribution in [0.4, 0.5) is 0 Å². The summed E-state index contributed by atoms with van der Waals surface area (Å²) in [4.78, 5) is 26.8. The minimum absolute atomic E-state index is 0. The predicted octanol–water partition coefficient (Wildman–Crippen LogP) is 4.22. The van der Waals surface area contributed by atoms with Crippen LogP contribution in [0.5, 0.6) is 28.7 Å². The molecule has 0 bridgehead atoms. The maximum absolute atomic E-state index is 12.7. The molecule has 0 fully saturated rings. The summed E-state index contributed by atoms with van der Waals surface area (Å²) in [5.41, 5.74) is 1.89. The molecule has 0 spiro atoms. The Morgan fingerprint density at radius 2 is 1.26 bits per heavy atom. The number of likely N-dealkylation sites (N-methyl/N-ethyl adjacent to an activating group) is 1. The zero-order valence-electron chi connectivity index (χ0n) is 22.1. The molecule has 0 saturated carbocycles. The molecule has 0 heterocycles. The third-order valence-electron chi connectivity index (χ3n) is 5.69. The van der Waals surface area contributed by atoms with E-state index >= 15 is 0 Å². The van der Waals surface area contributed by atoms with Crippen LogP contribution in [0.25, 0.3) is 0 Å². The Bertz CT molecular complexity index is 1220. The Balaban J connectivity index is 0.00000507. The average Bonchev–Trinajstić information content (AvgIpc) is 2.95. The summed E-state index contributed by atoms with van der Waals surface area (Å²) in [7, 11) is 7.86. The second-order valence-electron chi connectivity index (χ2n) is 8.04. The molecule has 0 aliphatic heterocycles. The van der Waals surface area contributed by atoms with Gasteiger partial charge in [-0.05, 0) is 54.1 Å². The van der Waals surface area contributed by atoms with E-state index in [1.165, 1.54) is 14.2 Å². The number of ether oxygens (including phenoxy) is 5. The first-order valence-electron chi connectivity index (χ1n) is 11.6. The van der Waals surface area contributed by atoms with Gasteiger partial charge in [-0.3, -0.25) is 9.59 Å².